The molecule has 0 saturated carbocycles. The smallest absolute Gasteiger partial charge is 0.234 e. The number of hydrogen-bond acceptors (Lipinski definition) is 6. The number of aromatic nitrogens is 3. The highest BCUT2D eigenvalue weighted by Crippen LogP contribution is 2.29. The molecule has 29 heavy (non-hydrogen) atoms. The van der Waals surface area contributed by atoms with Gasteiger partial charge in [-0.05, 0) is 31.2 Å². The fourth-order valence-electron chi connectivity index (χ4n) is 2.62. The third kappa shape index (κ3) is 5.42. The van der Waals surface area contributed by atoms with Gasteiger partial charge in [-0.2, -0.15) is 0 Å². The van der Waals surface area contributed by atoms with E-state index < -0.39 is 0 Å². The van der Waals surface area contributed by atoms with E-state index in [0.29, 0.717) is 33.2 Å². The predicted octanol–water partition coefficient (Wildman–Crippen LogP) is 4.35. The summed E-state index contributed by atoms with van der Waals surface area (Å²) in [6, 6.07) is 14.5. The van der Waals surface area contributed by atoms with E-state index in [1.165, 1.54) is 11.8 Å². The largest absolute Gasteiger partial charge is 0.497 e. The molecule has 0 aliphatic carbocycles. The molecule has 1 N–H and O–H groups in total. The molecule has 1 amide bonds. The molecule has 0 aliphatic heterocycles. The van der Waals surface area contributed by atoms with Crippen molar-refractivity contribution < 1.29 is 14.3 Å². The van der Waals surface area contributed by atoms with Gasteiger partial charge in [-0.3, -0.25) is 4.79 Å². The van der Waals surface area contributed by atoms with Gasteiger partial charge in [0.1, 0.15) is 11.5 Å². The molecule has 152 valence electrons. The topological polar surface area (TPSA) is 78.3 Å². The van der Waals surface area contributed by atoms with Gasteiger partial charge in [0.25, 0.3) is 0 Å². The molecule has 0 bridgehead atoms. The molecular weight excluding hydrogens is 412 g/mol. The summed E-state index contributed by atoms with van der Waals surface area (Å²) >= 11 is 7.44. The van der Waals surface area contributed by atoms with Gasteiger partial charge >= 0.3 is 0 Å². The number of carbonyl (C=O) groups is 1. The number of hydrogen-bond donors (Lipinski definition) is 1. The summed E-state index contributed by atoms with van der Waals surface area (Å²) in [6.45, 7) is 1.87. The second-order valence-corrected chi connectivity index (χ2v) is 7.51. The zero-order valence-corrected chi connectivity index (χ0v) is 17.8. The minimum atomic E-state index is -0.354. The Bertz CT molecular complexity index is 995. The number of carbonyl (C=O) groups excluding carboxylic acids is 1. The summed E-state index contributed by atoms with van der Waals surface area (Å²) in [4.78, 5) is 12.2. The van der Waals surface area contributed by atoms with Crippen LogP contribution in [0.25, 0.3) is 0 Å². The molecule has 1 atom stereocenters. The molecule has 0 spiro atoms. The van der Waals surface area contributed by atoms with Crippen LogP contribution in [0.3, 0.4) is 0 Å². The van der Waals surface area contributed by atoms with E-state index in [2.05, 4.69) is 15.5 Å². The minimum absolute atomic E-state index is 0.145. The number of amides is 1. The van der Waals surface area contributed by atoms with Crippen molar-refractivity contribution >= 4 is 35.0 Å². The number of ether oxygens (including phenoxy) is 2. The van der Waals surface area contributed by atoms with Crippen molar-refractivity contribution in [1.29, 1.82) is 0 Å². The second kappa shape index (κ2) is 9.67. The van der Waals surface area contributed by atoms with Crippen LogP contribution in [0.1, 0.15) is 18.9 Å². The predicted molar refractivity (Wildman–Crippen MR) is 114 cm³/mol. The van der Waals surface area contributed by atoms with E-state index in [-0.39, 0.29) is 17.8 Å². The highest BCUT2D eigenvalue weighted by Gasteiger charge is 2.19. The van der Waals surface area contributed by atoms with Gasteiger partial charge in [0.15, 0.2) is 17.1 Å². The standard InChI is InChI=1S/C20H21ClN4O3S/c1-13(28-17-10-5-4-9-16(17)21)19-23-24-20(25(19)2)29-12-18(26)22-14-7-6-8-15(11-14)27-3/h4-11,13H,12H2,1-3H3,(H,22,26)/t13-/m1/s1. The zero-order chi connectivity index (χ0) is 20.8. The van der Waals surface area contributed by atoms with E-state index >= 15 is 0 Å². The number of thioether (sulfide) groups is 1. The van der Waals surface area contributed by atoms with Crippen molar-refractivity contribution in [1.82, 2.24) is 14.8 Å². The van der Waals surface area contributed by atoms with Crippen molar-refractivity contribution in [3.05, 3.63) is 59.4 Å². The maximum atomic E-state index is 12.2. The summed E-state index contributed by atoms with van der Waals surface area (Å²) < 4.78 is 12.9. The fraction of sp³-hybridized carbons (Fsp3) is 0.250. The lowest BCUT2D eigenvalue weighted by Crippen LogP contribution is -2.15. The molecule has 2 aromatic carbocycles. The molecule has 1 aromatic heterocycles. The maximum absolute atomic E-state index is 12.2. The van der Waals surface area contributed by atoms with Crippen LogP contribution in [-0.2, 0) is 11.8 Å². The summed E-state index contributed by atoms with van der Waals surface area (Å²) in [5.74, 6) is 1.95. The van der Waals surface area contributed by atoms with Gasteiger partial charge in [0.05, 0.1) is 17.9 Å². The van der Waals surface area contributed by atoms with Crippen LogP contribution in [0, 0.1) is 0 Å². The molecule has 3 rings (SSSR count). The van der Waals surface area contributed by atoms with Crippen LogP contribution in [0.4, 0.5) is 5.69 Å². The summed E-state index contributed by atoms with van der Waals surface area (Å²) in [5, 5.41) is 12.4. The van der Waals surface area contributed by atoms with Crippen LogP contribution in [0.2, 0.25) is 5.02 Å². The van der Waals surface area contributed by atoms with E-state index in [9.17, 15) is 4.79 Å². The minimum Gasteiger partial charge on any atom is -0.497 e. The van der Waals surface area contributed by atoms with Crippen LogP contribution in [0.15, 0.2) is 53.7 Å². The first kappa shape index (κ1) is 21.0. The molecule has 0 radical (unpaired) electrons. The first-order valence-electron chi connectivity index (χ1n) is 8.85. The SMILES string of the molecule is COc1cccc(NC(=O)CSc2nnc([C@@H](C)Oc3ccccc3Cl)n2C)c1. The highest BCUT2D eigenvalue weighted by molar-refractivity contribution is 7.99. The lowest BCUT2D eigenvalue weighted by atomic mass is 10.3. The van der Waals surface area contributed by atoms with Gasteiger partial charge in [-0.15, -0.1) is 10.2 Å². The number of benzene rings is 2. The maximum Gasteiger partial charge on any atom is 0.234 e. The van der Waals surface area contributed by atoms with Gasteiger partial charge in [-0.25, -0.2) is 0 Å². The van der Waals surface area contributed by atoms with Gasteiger partial charge in [0.2, 0.25) is 5.91 Å². The Labute approximate surface area is 178 Å². The molecule has 0 unspecified atom stereocenters. The Kier molecular flexibility index (Phi) is 7.00. The van der Waals surface area contributed by atoms with Crippen molar-refractivity contribution in [2.75, 3.05) is 18.2 Å². The number of para-hydroxylation sites is 1. The average molecular weight is 433 g/mol. The number of methoxy groups -OCH3 is 1. The van der Waals surface area contributed by atoms with Gasteiger partial charge in [-0.1, -0.05) is 41.6 Å². The van der Waals surface area contributed by atoms with Crippen LogP contribution < -0.4 is 14.8 Å². The van der Waals surface area contributed by atoms with Crippen LogP contribution >= 0.6 is 23.4 Å². The van der Waals surface area contributed by atoms with E-state index in [4.69, 9.17) is 21.1 Å². The van der Waals surface area contributed by atoms with E-state index in [1.54, 1.807) is 31.4 Å². The average Bonchev–Trinajstić information content (AvgIpc) is 3.09. The van der Waals surface area contributed by atoms with Crippen molar-refractivity contribution in [3.8, 4) is 11.5 Å². The first-order valence-corrected chi connectivity index (χ1v) is 10.2. The molecule has 3 aromatic rings. The Hall–Kier alpha value is -2.71. The second-order valence-electron chi connectivity index (χ2n) is 6.16. The number of nitrogens with one attached hydrogen (secondary N) is 1. The normalized spacial score (nSPS) is 11.7. The monoisotopic (exact) mass is 432 g/mol. The van der Waals surface area contributed by atoms with Gasteiger partial charge in [0, 0.05) is 18.8 Å². The highest BCUT2D eigenvalue weighted by atomic mass is 35.5. The summed E-state index contributed by atoms with van der Waals surface area (Å²) in [7, 11) is 3.42. The Balaban J connectivity index is 1.59. The molecule has 7 nitrogen and oxygen atoms in total. The Morgan fingerprint density at radius 2 is 2.03 bits per heavy atom. The van der Waals surface area contributed by atoms with Crippen LogP contribution in [-0.4, -0.2) is 33.5 Å². The lowest BCUT2D eigenvalue weighted by molar-refractivity contribution is -0.113. The zero-order valence-electron chi connectivity index (χ0n) is 16.3. The molecule has 1 heterocycles. The van der Waals surface area contributed by atoms with E-state index in [0.717, 1.165) is 0 Å². The number of rotatable bonds is 8. The molecular formula is C20H21ClN4O3S. The third-order valence-electron chi connectivity index (χ3n) is 4.06. The quantitative estimate of drug-likeness (QED) is 0.533. The van der Waals surface area contributed by atoms with Crippen molar-refractivity contribution in [2.24, 2.45) is 7.05 Å². The van der Waals surface area contributed by atoms with E-state index in [1.807, 2.05) is 42.8 Å². The fourth-order valence-corrected chi connectivity index (χ4v) is 3.52. The molecule has 0 saturated heterocycles. The molecule has 9 heteroatoms. The first-order chi connectivity index (χ1) is 14.0. The number of nitrogens with zero attached hydrogens (tertiary/aromatic N) is 3. The van der Waals surface area contributed by atoms with Gasteiger partial charge < -0.3 is 19.4 Å². The molecule has 0 fully saturated rings. The Morgan fingerprint density at radius 3 is 2.79 bits per heavy atom. The van der Waals surface area contributed by atoms with Crippen molar-refractivity contribution in [2.45, 2.75) is 18.2 Å². The molecule has 0 aliphatic rings. The number of anilines is 1. The number of halogens is 1. The summed E-state index contributed by atoms with van der Waals surface area (Å²) in [5.41, 5.74) is 0.676. The lowest BCUT2D eigenvalue weighted by Gasteiger charge is -2.15. The summed E-state index contributed by atoms with van der Waals surface area (Å²) in [6.07, 6.45) is -0.354. The Morgan fingerprint density at radius 1 is 1.24 bits per heavy atom. The third-order valence-corrected chi connectivity index (χ3v) is 5.39. The van der Waals surface area contributed by atoms with Crippen LogP contribution in [0.5, 0.6) is 11.5 Å². The van der Waals surface area contributed by atoms with Crippen molar-refractivity contribution in [3.63, 3.8) is 0 Å².